The molecule has 3 aromatic rings. The minimum Gasteiger partial charge on any atom is -0.341 e. The molecule has 0 saturated carbocycles. The Balaban J connectivity index is 1.72. The van der Waals surface area contributed by atoms with E-state index in [9.17, 15) is 4.79 Å². The van der Waals surface area contributed by atoms with E-state index in [0.29, 0.717) is 22.3 Å². The first-order valence-corrected chi connectivity index (χ1v) is 7.47. The van der Waals surface area contributed by atoms with E-state index in [0.717, 1.165) is 5.56 Å². The average Bonchev–Trinajstić information content (AvgIpc) is 3.06. The Morgan fingerprint density at radius 2 is 1.83 bits per heavy atom. The van der Waals surface area contributed by atoms with Crippen molar-refractivity contribution < 1.29 is 9.32 Å². The van der Waals surface area contributed by atoms with E-state index in [2.05, 4.69) is 15.5 Å². The second-order valence-corrected chi connectivity index (χ2v) is 5.46. The standard InChI is InChI=1S/C17H14ClN3O2/c1-11(19-16(22)13-5-3-2-4-6-13)17-20-15(21-23-17)12-7-9-14(18)10-8-12/h2-11H,1H3,(H,19,22)/t11-/m1/s1. The van der Waals surface area contributed by atoms with Gasteiger partial charge < -0.3 is 9.84 Å². The molecule has 5 nitrogen and oxygen atoms in total. The molecule has 1 aromatic heterocycles. The first kappa shape index (κ1) is 15.2. The van der Waals surface area contributed by atoms with E-state index in [1.54, 1.807) is 31.2 Å². The summed E-state index contributed by atoms with van der Waals surface area (Å²) in [5.41, 5.74) is 1.38. The van der Waals surface area contributed by atoms with Gasteiger partial charge in [0, 0.05) is 16.1 Å². The molecule has 1 N–H and O–H groups in total. The van der Waals surface area contributed by atoms with Crippen LogP contribution in [0.25, 0.3) is 11.4 Å². The van der Waals surface area contributed by atoms with E-state index in [1.165, 1.54) is 0 Å². The van der Waals surface area contributed by atoms with Crippen LogP contribution in [0.4, 0.5) is 0 Å². The van der Waals surface area contributed by atoms with Gasteiger partial charge in [-0.2, -0.15) is 4.98 Å². The molecule has 0 aliphatic carbocycles. The van der Waals surface area contributed by atoms with Crippen LogP contribution in [0.5, 0.6) is 0 Å². The summed E-state index contributed by atoms with van der Waals surface area (Å²) in [5, 5.41) is 7.41. The first-order chi connectivity index (χ1) is 11.1. The fourth-order valence-corrected chi connectivity index (χ4v) is 2.18. The molecule has 2 aromatic carbocycles. The summed E-state index contributed by atoms with van der Waals surface area (Å²) >= 11 is 5.86. The van der Waals surface area contributed by atoms with Crippen LogP contribution in [0.3, 0.4) is 0 Å². The fraction of sp³-hybridized carbons (Fsp3) is 0.118. The Morgan fingerprint density at radius 1 is 1.13 bits per heavy atom. The van der Waals surface area contributed by atoms with Crippen molar-refractivity contribution in [2.24, 2.45) is 0 Å². The van der Waals surface area contributed by atoms with E-state index >= 15 is 0 Å². The number of rotatable bonds is 4. The Bertz CT molecular complexity index is 800. The molecular weight excluding hydrogens is 314 g/mol. The van der Waals surface area contributed by atoms with Gasteiger partial charge in [-0.25, -0.2) is 0 Å². The summed E-state index contributed by atoms with van der Waals surface area (Å²) < 4.78 is 5.24. The highest BCUT2D eigenvalue weighted by molar-refractivity contribution is 6.30. The van der Waals surface area contributed by atoms with Gasteiger partial charge in [0.25, 0.3) is 5.91 Å². The molecule has 1 atom stereocenters. The number of hydrogen-bond acceptors (Lipinski definition) is 4. The number of benzene rings is 2. The maximum absolute atomic E-state index is 12.1. The van der Waals surface area contributed by atoms with Crippen molar-refractivity contribution in [2.45, 2.75) is 13.0 Å². The molecule has 23 heavy (non-hydrogen) atoms. The number of hydrogen-bond donors (Lipinski definition) is 1. The van der Waals surface area contributed by atoms with Gasteiger partial charge in [-0.1, -0.05) is 35.0 Å². The lowest BCUT2D eigenvalue weighted by atomic mass is 10.2. The number of nitrogens with one attached hydrogen (secondary N) is 1. The zero-order valence-electron chi connectivity index (χ0n) is 12.4. The highest BCUT2D eigenvalue weighted by Gasteiger charge is 2.18. The summed E-state index contributed by atoms with van der Waals surface area (Å²) in [7, 11) is 0. The molecule has 1 heterocycles. The van der Waals surface area contributed by atoms with Crippen molar-refractivity contribution in [2.75, 3.05) is 0 Å². The van der Waals surface area contributed by atoms with Crippen molar-refractivity contribution in [3.05, 3.63) is 71.1 Å². The van der Waals surface area contributed by atoms with Crippen molar-refractivity contribution >= 4 is 17.5 Å². The molecule has 0 saturated heterocycles. The number of carbonyl (C=O) groups is 1. The first-order valence-electron chi connectivity index (χ1n) is 7.09. The SMILES string of the molecule is C[C@@H](NC(=O)c1ccccc1)c1nc(-c2ccc(Cl)cc2)no1. The fourth-order valence-electron chi connectivity index (χ4n) is 2.06. The van der Waals surface area contributed by atoms with E-state index in [4.69, 9.17) is 16.1 Å². The molecule has 0 bridgehead atoms. The highest BCUT2D eigenvalue weighted by Crippen LogP contribution is 2.20. The van der Waals surface area contributed by atoms with Crippen molar-refractivity contribution in [1.82, 2.24) is 15.5 Å². The molecule has 116 valence electrons. The lowest BCUT2D eigenvalue weighted by Gasteiger charge is -2.09. The molecule has 0 radical (unpaired) electrons. The normalized spacial score (nSPS) is 11.9. The number of aromatic nitrogens is 2. The smallest absolute Gasteiger partial charge is 0.251 e. The van der Waals surface area contributed by atoms with Crippen LogP contribution in [-0.2, 0) is 0 Å². The molecule has 0 fully saturated rings. The molecule has 3 rings (SSSR count). The molecule has 6 heteroatoms. The molecule has 0 aliphatic heterocycles. The summed E-state index contributed by atoms with van der Waals surface area (Å²) in [6, 6.07) is 15.7. The largest absolute Gasteiger partial charge is 0.341 e. The average molecular weight is 328 g/mol. The van der Waals surface area contributed by atoms with Crippen LogP contribution in [0, 0.1) is 0 Å². The number of nitrogens with zero attached hydrogens (tertiary/aromatic N) is 2. The molecule has 0 spiro atoms. The summed E-state index contributed by atoms with van der Waals surface area (Å²) in [5.74, 6) is 0.612. The molecular formula is C17H14ClN3O2. The summed E-state index contributed by atoms with van der Waals surface area (Å²) in [6.07, 6.45) is 0. The monoisotopic (exact) mass is 327 g/mol. The predicted octanol–water partition coefficient (Wildman–Crippen LogP) is 3.88. The van der Waals surface area contributed by atoms with Gasteiger partial charge in [0.05, 0.1) is 0 Å². The molecule has 0 aliphatic rings. The van der Waals surface area contributed by atoms with Gasteiger partial charge in [-0.05, 0) is 43.3 Å². The van der Waals surface area contributed by atoms with E-state index in [-0.39, 0.29) is 5.91 Å². The third-order valence-corrected chi connectivity index (χ3v) is 3.55. The second-order valence-electron chi connectivity index (χ2n) is 5.02. The van der Waals surface area contributed by atoms with Crippen molar-refractivity contribution in [3.8, 4) is 11.4 Å². The highest BCUT2D eigenvalue weighted by atomic mass is 35.5. The number of carbonyl (C=O) groups excluding carboxylic acids is 1. The zero-order valence-corrected chi connectivity index (χ0v) is 13.1. The van der Waals surface area contributed by atoms with Gasteiger partial charge in [0.1, 0.15) is 6.04 Å². The molecule has 0 unspecified atom stereocenters. The van der Waals surface area contributed by atoms with Crippen LogP contribution in [0.2, 0.25) is 5.02 Å². The van der Waals surface area contributed by atoms with Crippen molar-refractivity contribution in [3.63, 3.8) is 0 Å². The van der Waals surface area contributed by atoms with E-state index in [1.807, 2.05) is 30.3 Å². The number of amides is 1. The lowest BCUT2D eigenvalue weighted by molar-refractivity contribution is 0.0932. The quantitative estimate of drug-likeness (QED) is 0.789. The van der Waals surface area contributed by atoms with Gasteiger partial charge >= 0.3 is 0 Å². The second kappa shape index (κ2) is 6.62. The van der Waals surface area contributed by atoms with Gasteiger partial charge in [-0.15, -0.1) is 0 Å². The topological polar surface area (TPSA) is 68.0 Å². The van der Waals surface area contributed by atoms with Gasteiger partial charge in [0.2, 0.25) is 11.7 Å². The van der Waals surface area contributed by atoms with Crippen LogP contribution in [0.15, 0.2) is 59.1 Å². The Kier molecular flexibility index (Phi) is 4.39. The summed E-state index contributed by atoms with van der Waals surface area (Å²) in [6.45, 7) is 1.79. The third-order valence-electron chi connectivity index (χ3n) is 3.30. The summed E-state index contributed by atoms with van der Waals surface area (Å²) in [4.78, 5) is 16.4. The Morgan fingerprint density at radius 3 is 2.52 bits per heavy atom. The van der Waals surface area contributed by atoms with Crippen LogP contribution < -0.4 is 5.32 Å². The van der Waals surface area contributed by atoms with Crippen molar-refractivity contribution in [1.29, 1.82) is 0 Å². The zero-order chi connectivity index (χ0) is 16.2. The van der Waals surface area contributed by atoms with E-state index < -0.39 is 6.04 Å². The van der Waals surface area contributed by atoms with Crippen LogP contribution in [-0.4, -0.2) is 16.0 Å². The Hall–Kier alpha value is -2.66. The maximum atomic E-state index is 12.1. The third kappa shape index (κ3) is 3.57. The van der Waals surface area contributed by atoms with Gasteiger partial charge in [-0.3, -0.25) is 4.79 Å². The minimum atomic E-state index is -0.392. The predicted molar refractivity (Wildman–Crippen MR) is 87.1 cm³/mol. The van der Waals surface area contributed by atoms with Gasteiger partial charge in [0.15, 0.2) is 0 Å². The van der Waals surface area contributed by atoms with Crippen LogP contribution >= 0.6 is 11.6 Å². The molecule has 1 amide bonds. The maximum Gasteiger partial charge on any atom is 0.251 e. The van der Waals surface area contributed by atoms with Crippen LogP contribution in [0.1, 0.15) is 29.2 Å². The number of halogens is 1. The lowest BCUT2D eigenvalue weighted by Crippen LogP contribution is -2.26. The minimum absolute atomic E-state index is 0.190. The Labute approximate surface area is 138 Å².